The number of carbonyl (C=O) groups excluding carboxylic acids is 1. The van der Waals surface area contributed by atoms with E-state index in [0.717, 1.165) is 34.6 Å². The van der Waals surface area contributed by atoms with E-state index in [0.29, 0.717) is 24.8 Å². The first-order chi connectivity index (χ1) is 12.7. The molecule has 3 aromatic rings. The van der Waals surface area contributed by atoms with Crippen LogP contribution in [0.15, 0.2) is 48.5 Å². The van der Waals surface area contributed by atoms with Crippen LogP contribution in [0.5, 0.6) is 0 Å². The Bertz CT molecular complexity index is 904. The summed E-state index contributed by atoms with van der Waals surface area (Å²) in [5, 5.41) is 0.586. The standard InChI is InChI=1S/C19H20N4O2S/c20-18-21-16-12-15(6-7-17(16)26-18)22-8-10-23(11-9-22)19(24)25-13-14-4-2-1-3-5-14/h1-7,12H,8-11,13H2,(H2,20,21). The molecule has 0 aliphatic carbocycles. The van der Waals surface area contributed by atoms with Gasteiger partial charge in [-0.2, -0.15) is 0 Å². The van der Waals surface area contributed by atoms with Gasteiger partial charge in [0.05, 0.1) is 10.2 Å². The molecule has 1 fully saturated rings. The second kappa shape index (κ2) is 7.21. The van der Waals surface area contributed by atoms with Gasteiger partial charge in [0, 0.05) is 31.9 Å². The number of fused-ring (bicyclic) bond motifs is 1. The van der Waals surface area contributed by atoms with Gasteiger partial charge in [-0.25, -0.2) is 9.78 Å². The van der Waals surface area contributed by atoms with Gasteiger partial charge >= 0.3 is 6.09 Å². The number of hydrogen-bond acceptors (Lipinski definition) is 6. The fraction of sp³-hybridized carbons (Fsp3) is 0.263. The number of rotatable bonds is 3. The Kier molecular flexibility index (Phi) is 4.62. The first-order valence-corrected chi connectivity index (χ1v) is 9.37. The molecule has 2 N–H and O–H groups in total. The smallest absolute Gasteiger partial charge is 0.410 e. The summed E-state index contributed by atoms with van der Waals surface area (Å²) in [6.45, 7) is 3.13. The molecular weight excluding hydrogens is 348 g/mol. The van der Waals surface area contributed by atoms with Crippen molar-refractivity contribution in [3.8, 4) is 0 Å². The van der Waals surface area contributed by atoms with Gasteiger partial charge in [0.25, 0.3) is 0 Å². The zero-order valence-electron chi connectivity index (χ0n) is 14.3. The molecule has 0 saturated carbocycles. The van der Waals surface area contributed by atoms with Gasteiger partial charge in [-0.1, -0.05) is 41.7 Å². The summed E-state index contributed by atoms with van der Waals surface area (Å²) in [7, 11) is 0. The monoisotopic (exact) mass is 368 g/mol. The zero-order chi connectivity index (χ0) is 17.9. The van der Waals surface area contributed by atoms with Gasteiger partial charge in [0.1, 0.15) is 6.61 Å². The van der Waals surface area contributed by atoms with E-state index < -0.39 is 0 Å². The van der Waals surface area contributed by atoms with Gasteiger partial charge in [0.2, 0.25) is 0 Å². The molecule has 26 heavy (non-hydrogen) atoms. The van der Waals surface area contributed by atoms with Crippen molar-refractivity contribution in [1.82, 2.24) is 9.88 Å². The van der Waals surface area contributed by atoms with E-state index in [1.54, 1.807) is 4.90 Å². The highest BCUT2D eigenvalue weighted by Gasteiger charge is 2.22. The average Bonchev–Trinajstić information content (AvgIpc) is 3.06. The number of thiazole rings is 1. The molecule has 0 radical (unpaired) electrons. The summed E-state index contributed by atoms with van der Waals surface area (Å²) in [5.41, 5.74) is 8.81. The van der Waals surface area contributed by atoms with Crippen LogP contribution < -0.4 is 10.6 Å². The third kappa shape index (κ3) is 3.57. The molecule has 134 valence electrons. The molecule has 1 amide bonds. The summed E-state index contributed by atoms with van der Waals surface area (Å²) in [6.07, 6.45) is -0.253. The molecule has 7 heteroatoms. The Morgan fingerprint density at radius 3 is 2.65 bits per heavy atom. The molecule has 0 spiro atoms. The summed E-state index contributed by atoms with van der Waals surface area (Å²) in [6, 6.07) is 15.9. The Morgan fingerprint density at radius 1 is 1.12 bits per heavy atom. The maximum atomic E-state index is 12.3. The number of carbonyl (C=O) groups is 1. The summed E-state index contributed by atoms with van der Waals surface area (Å²) in [5.74, 6) is 0. The molecule has 0 atom stereocenters. The lowest BCUT2D eigenvalue weighted by atomic mass is 10.2. The molecule has 4 rings (SSSR count). The fourth-order valence-electron chi connectivity index (χ4n) is 3.09. The van der Waals surface area contributed by atoms with Crippen LogP contribution >= 0.6 is 11.3 Å². The number of amides is 1. The van der Waals surface area contributed by atoms with Crippen molar-refractivity contribution in [3.05, 3.63) is 54.1 Å². The summed E-state index contributed by atoms with van der Waals surface area (Å²) >= 11 is 1.49. The van der Waals surface area contributed by atoms with Crippen molar-refractivity contribution in [2.45, 2.75) is 6.61 Å². The van der Waals surface area contributed by atoms with Crippen LogP contribution in [0.3, 0.4) is 0 Å². The molecule has 1 aliphatic heterocycles. The van der Waals surface area contributed by atoms with Crippen LogP contribution in [0, 0.1) is 0 Å². The topological polar surface area (TPSA) is 71.7 Å². The number of nitrogens with two attached hydrogens (primary N) is 1. The molecule has 0 unspecified atom stereocenters. The molecule has 2 aromatic carbocycles. The van der Waals surface area contributed by atoms with Gasteiger partial charge in [-0.05, 0) is 23.8 Å². The lowest BCUT2D eigenvalue weighted by molar-refractivity contribution is 0.0942. The van der Waals surface area contributed by atoms with Crippen LogP contribution in [0.25, 0.3) is 10.2 Å². The van der Waals surface area contributed by atoms with E-state index in [2.05, 4.69) is 28.1 Å². The average molecular weight is 368 g/mol. The molecule has 1 aliphatic rings. The summed E-state index contributed by atoms with van der Waals surface area (Å²) in [4.78, 5) is 20.6. The van der Waals surface area contributed by atoms with Gasteiger partial charge < -0.3 is 20.3 Å². The van der Waals surface area contributed by atoms with E-state index in [1.165, 1.54) is 11.3 Å². The van der Waals surface area contributed by atoms with Crippen molar-refractivity contribution in [2.24, 2.45) is 0 Å². The number of ether oxygens (including phenoxy) is 1. The van der Waals surface area contributed by atoms with E-state index >= 15 is 0 Å². The Labute approximate surface area is 155 Å². The third-order valence-electron chi connectivity index (χ3n) is 4.50. The number of benzene rings is 2. The largest absolute Gasteiger partial charge is 0.445 e. The number of aromatic nitrogens is 1. The summed E-state index contributed by atoms with van der Waals surface area (Å²) < 4.78 is 6.51. The first-order valence-electron chi connectivity index (χ1n) is 8.56. The third-order valence-corrected chi connectivity index (χ3v) is 5.36. The van der Waals surface area contributed by atoms with Crippen molar-refractivity contribution >= 4 is 38.5 Å². The first kappa shape index (κ1) is 16.7. The van der Waals surface area contributed by atoms with Crippen LogP contribution in [0.2, 0.25) is 0 Å². The highest BCUT2D eigenvalue weighted by molar-refractivity contribution is 7.22. The van der Waals surface area contributed by atoms with Crippen molar-refractivity contribution in [1.29, 1.82) is 0 Å². The molecule has 2 heterocycles. The second-order valence-electron chi connectivity index (χ2n) is 6.22. The fourth-order valence-corrected chi connectivity index (χ4v) is 3.80. The number of anilines is 2. The maximum Gasteiger partial charge on any atom is 0.410 e. The maximum absolute atomic E-state index is 12.3. The number of piperazine rings is 1. The highest BCUT2D eigenvalue weighted by atomic mass is 32.1. The van der Waals surface area contributed by atoms with Crippen LogP contribution in [0.4, 0.5) is 15.6 Å². The van der Waals surface area contributed by atoms with Crippen LogP contribution in [-0.2, 0) is 11.3 Å². The molecule has 1 saturated heterocycles. The normalized spacial score (nSPS) is 14.6. The minimum atomic E-state index is -0.253. The molecular formula is C19H20N4O2S. The lowest BCUT2D eigenvalue weighted by Crippen LogP contribution is -2.48. The van der Waals surface area contributed by atoms with E-state index in [9.17, 15) is 4.79 Å². The van der Waals surface area contributed by atoms with E-state index in [-0.39, 0.29) is 6.09 Å². The Hall–Kier alpha value is -2.80. The van der Waals surface area contributed by atoms with Crippen molar-refractivity contribution in [3.63, 3.8) is 0 Å². The number of nitrogen functional groups attached to an aromatic ring is 1. The van der Waals surface area contributed by atoms with Gasteiger partial charge in [0.15, 0.2) is 5.13 Å². The van der Waals surface area contributed by atoms with Crippen LogP contribution in [-0.4, -0.2) is 42.2 Å². The van der Waals surface area contributed by atoms with Gasteiger partial charge in [-0.3, -0.25) is 0 Å². The molecule has 6 nitrogen and oxygen atoms in total. The SMILES string of the molecule is Nc1nc2cc(N3CCN(C(=O)OCc4ccccc4)CC3)ccc2s1. The van der Waals surface area contributed by atoms with Gasteiger partial charge in [-0.15, -0.1) is 0 Å². The quantitative estimate of drug-likeness (QED) is 0.768. The highest BCUT2D eigenvalue weighted by Crippen LogP contribution is 2.28. The predicted molar refractivity (Wildman–Crippen MR) is 104 cm³/mol. The Morgan fingerprint density at radius 2 is 1.88 bits per heavy atom. The minimum absolute atomic E-state index is 0.253. The number of nitrogens with zero attached hydrogens (tertiary/aromatic N) is 3. The number of hydrogen-bond donors (Lipinski definition) is 1. The second-order valence-corrected chi connectivity index (χ2v) is 7.28. The van der Waals surface area contributed by atoms with Crippen molar-refractivity contribution < 1.29 is 9.53 Å². The molecule has 1 aromatic heterocycles. The predicted octanol–water partition coefficient (Wildman–Crippen LogP) is 3.34. The van der Waals surface area contributed by atoms with E-state index in [4.69, 9.17) is 10.5 Å². The zero-order valence-corrected chi connectivity index (χ0v) is 15.1. The Balaban J connectivity index is 1.33. The molecule has 0 bridgehead atoms. The van der Waals surface area contributed by atoms with Crippen LogP contribution in [0.1, 0.15) is 5.56 Å². The lowest BCUT2D eigenvalue weighted by Gasteiger charge is -2.35. The van der Waals surface area contributed by atoms with E-state index in [1.807, 2.05) is 30.3 Å². The minimum Gasteiger partial charge on any atom is -0.445 e. The van der Waals surface area contributed by atoms with Crippen molar-refractivity contribution in [2.75, 3.05) is 36.8 Å².